The van der Waals surface area contributed by atoms with Gasteiger partial charge in [-0.1, -0.05) is 0 Å². The number of amides is 2. The molecule has 1 saturated heterocycles. The van der Waals surface area contributed by atoms with Gasteiger partial charge in [0, 0.05) is 5.56 Å². The average molecular weight is 387 g/mol. The second kappa shape index (κ2) is 7.93. The number of nitrogens with one attached hydrogen (secondary N) is 2. The molecule has 27 heavy (non-hydrogen) atoms. The quantitative estimate of drug-likeness (QED) is 0.312. The lowest BCUT2D eigenvalue weighted by atomic mass is 10.1. The minimum atomic E-state index is -4.73. The van der Waals surface area contributed by atoms with Gasteiger partial charge in [-0.2, -0.15) is 13.2 Å². The van der Waals surface area contributed by atoms with Gasteiger partial charge in [-0.15, -0.1) is 0 Å². The number of ether oxygens (including phenoxy) is 1. The van der Waals surface area contributed by atoms with Crippen molar-refractivity contribution < 1.29 is 32.3 Å². The lowest BCUT2D eigenvalue weighted by Gasteiger charge is -2.12. The minimum absolute atomic E-state index is 0.00912. The number of carbonyl (C=O) groups excluding carboxylic acids is 3. The lowest BCUT2D eigenvalue weighted by Crippen LogP contribution is -2.42. The molecule has 0 bridgehead atoms. The zero-order valence-electron chi connectivity index (χ0n) is 13.8. The van der Waals surface area contributed by atoms with Gasteiger partial charge in [-0.05, 0) is 18.2 Å². The molecule has 1 atom stereocenters. The first-order valence-corrected chi connectivity index (χ1v) is 7.59. The highest BCUT2D eigenvalue weighted by Crippen LogP contribution is 2.32. The number of alkyl halides is 3. The number of rotatable bonds is 5. The van der Waals surface area contributed by atoms with Crippen molar-refractivity contribution in [2.75, 3.05) is 13.2 Å². The number of guanidine groups is 1. The normalized spacial score (nSPS) is 16.4. The van der Waals surface area contributed by atoms with Crippen molar-refractivity contribution in [3.05, 3.63) is 29.3 Å². The largest absolute Gasteiger partial charge is 0.463 e. The fourth-order valence-corrected chi connectivity index (χ4v) is 2.27. The number of nitrogens with zero attached hydrogens (tertiary/aromatic N) is 1. The van der Waals surface area contributed by atoms with Gasteiger partial charge in [0.25, 0.3) is 5.91 Å². The molecule has 1 aromatic rings. The zero-order chi connectivity index (χ0) is 20.2. The summed E-state index contributed by atoms with van der Waals surface area (Å²) in [5, 5.41) is 4.64. The van der Waals surface area contributed by atoms with Crippen LogP contribution in [0.5, 0.6) is 0 Å². The lowest BCUT2D eigenvalue weighted by molar-refractivity contribution is -0.138. The molecule has 1 aromatic carbocycles. The fraction of sp³-hybridized carbons (Fsp3) is 0.333. The van der Waals surface area contributed by atoms with Gasteiger partial charge < -0.3 is 26.8 Å². The van der Waals surface area contributed by atoms with Crippen molar-refractivity contribution in [1.29, 1.82) is 0 Å². The standard InChI is InChI=1S/C15H16F3N5O4/c16-15(17,18)8-1-7(2-9(3-8)23-14(19)20)13(26)21-5-11(24)22-10-4-12(25)27-6-10/h1-3,10H,4-6H2,(H,21,26)(H,22,24)(H4,19,20,23). The predicted octanol–water partition coefficient (Wildman–Crippen LogP) is -0.228. The van der Waals surface area contributed by atoms with Crippen molar-refractivity contribution in [3.8, 4) is 0 Å². The molecule has 146 valence electrons. The smallest absolute Gasteiger partial charge is 0.416 e. The van der Waals surface area contributed by atoms with Crippen LogP contribution in [0.3, 0.4) is 0 Å². The van der Waals surface area contributed by atoms with E-state index in [1.54, 1.807) is 0 Å². The summed E-state index contributed by atoms with van der Waals surface area (Å²) in [5.41, 5.74) is 8.54. The number of aliphatic imine (C=N–C) groups is 1. The number of nitrogens with two attached hydrogens (primary N) is 2. The minimum Gasteiger partial charge on any atom is -0.463 e. The van der Waals surface area contributed by atoms with Crippen LogP contribution >= 0.6 is 0 Å². The first kappa shape index (κ1) is 20.0. The Morgan fingerprint density at radius 1 is 1.26 bits per heavy atom. The third-order valence-corrected chi connectivity index (χ3v) is 3.40. The predicted molar refractivity (Wildman–Crippen MR) is 86.8 cm³/mol. The maximum atomic E-state index is 13.0. The maximum absolute atomic E-state index is 13.0. The van der Waals surface area contributed by atoms with E-state index in [1.807, 2.05) is 0 Å². The van der Waals surface area contributed by atoms with Crippen molar-refractivity contribution in [1.82, 2.24) is 10.6 Å². The van der Waals surface area contributed by atoms with Crippen molar-refractivity contribution in [3.63, 3.8) is 0 Å². The molecule has 0 saturated carbocycles. The number of hydrogen-bond acceptors (Lipinski definition) is 5. The SMILES string of the molecule is NC(N)=Nc1cc(C(=O)NCC(=O)NC2COC(=O)C2)cc(C(F)(F)F)c1. The Bertz CT molecular complexity index is 790. The molecule has 2 amide bonds. The van der Waals surface area contributed by atoms with Crippen molar-refractivity contribution >= 4 is 29.4 Å². The summed E-state index contributed by atoms with van der Waals surface area (Å²) in [5.74, 6) is -2.49. The van der Waals surface area contributed by atoms with Gasteiger partial charge in [0.1, 0.15) is 6.61 Å². The topological polar surface area (TPSA) is 149 Å². The summed E-state index contributed by atoms with van der Waals surface area (Å²) in [6.07, 6.45) is -4.72. The number of carbonyl (C=O) groups is 3. The zero-order valence-corrected chi connectivity index (χ0v) is 13.8. The van der Waals surface area contributed by atoms with Crippen molar-refractivity contribution in [2.24, 2.45) is 16.5 Å². The molecule has 9 nitrogen and oxygen atoms in total. The number of cyclic esters (lactones) is 1. The Morgan fingerprint density at radius 2 is 1.96 bits per heavy atom. The molecule has 0 radical (unpaired) electrons. The van der Waals surface area contributed by atoms with Crippen LogP contribution in [0.2, 0.25) is 0 Å². The summed E-state index contributed by atoms with van der Waals surface area (Å²) in [7, 11) is 0. The van der Waals surface area contributed by atoms with E-state index in [0.29, 0.717) is 12.1 Å². The van der Waals surface area contributed by atoms with Gasteiger partial charge in [-0.3, -0.25) is 14.4 Å². The highest BCUT2D eigenvalue weighted by atomic mass is 19.4. The van der Waals surface area contributed by atoms with Crippen LogP contribution in [-0.2, 0) is 20.5 Å². The van der Waals surface area contributed by atoms with Gasteiger partial charge >= 0.3 is 12.1 Å². The van der Waals surface area contributed by atoms with Crippen LogP contribution in [0.4, 0.5) is 18.9 Å². The first-order chi connectivity index (χ1) is 12.5. The highest BCUT2D eigenvalue weighted by molar-refractivity contribution is 5.97. The number of esters is 1. The fourth-order valence-electron chi connectivity index (χ4n) is 2.27. The monoisotopic (exact) mass is 387 g/mol. The van der Waals surface area contributed by atoms with Crippen LogP contribution in [0.15, 0.2) is 23.2 Å². The van der Waals surface area contributed by atoms with E-state index < -0.39 is 48.1 Å². The molecule has 0 aromatic heterocycles. The second-order valence-electron chi connectivity index (χ2n) is 5.64. The summed E-state index contributed by atoms with van der Waals surface area (Å²) < 4.78 is 43.6. The van der Waals surface area contributed by atoms with Gasteiger partial charge in [-0.25, -0.2) is 4.99 Å². The molecule has 1 fully saturated rings. The molecule has 6 N–H and O–H groups in total. The van der Waals surface area contributed by atoms with E-state index in [2.05, 4.69) is 20.4 Å². The van der Waals surface area contributed by atoms with Gasteiger partial charge in [0.15, 0.2) is 5.96 Å². The summed E-state index contributed by atoms with van der Waals surface area (Å²) in [6.45, 7) is -0.481. The summed E-state index contributed by atoms with van der Waals surface area (Å²) in [6, 6.07) is 1.83. The molecule has 2 rings (SSSR count). The van der Waals surface area contributed by atoms with E-state index >= 15 is 0 Å². The molecular weight excluding hydrogens is 371 g/mol. The first-order valence-electron chi connectivity index (χ1n) is 7.59. The Hall–Kier alpha value is -3.31. The van der Waals surface area contributed by atoms with Crippen LogP contribution < -0.4 is 22.1 Å². The van der Waals surface area contributed by atoms with Gasteiger partial charge in [0.05, 0.1) is 30.3 Å². The Kier molecular flexibility index (Phi) is 5.88. The second-order valence-corrected chi connectivity index (χ2v) is 5.64. The third kappa shape index (κ3) is 5.87. The number of benzene rings is 1. The Morgan fingerprint density at radius 3 is 2.52 bits per heavy atom. The molecule has 1 unspecified atom stereocenters. The van der Waals surface area contributed by atoms with E-state index in [4.69, 9.17) is 11.5 Å². The van der Waals surface area contributed by atoms with Crippen LogP contribution in [0.25, 0.3) is 0 Å². The van der Waals surface area contributed by atoms with Crippen LogP contribution in [0.1, 0.15) is 22.3 Å². The number of hydrogen-bond donors (Lipinski definition) is 4. The Labute approximate surface area is 150 Å². The summed E-state index contributed by atoms with van der Waals surface area (Å²) in [4.78, 5) is 38.3. The van der Waals surface area contributed by atoms with E-state index in [-0.39, 0.29) is 24.3 Å². The Balaban J connectivity index is 2.07. The average Bonchev–Trinajstić information content (AvgIpc) is 2.95. The summed E-state index contributed by atoms with van der Waals surface area (Å²) >= 11 is 0. The molecular formula is C15H16F3N5O4. The third-order valence-electron chi connectivity index (χ3n) is 3.40. The van der Waals surface area contributed by atoms with Crippen LogP contribution in [-0.4, -0.2) is 42.9 Å². The number of halogens is 3. The molecule has 1 aliphatic heterocycles. The molecule has 1 heterocycles. The van der Waals surface area contributed by atoms with Crippen molar-refractivity contribution in [2.45, 2.75) is 18.6 Å². The molecule has 0 aliphatic carbocycles. The van der Waals surface area contributed by atoms with E-state index in [0.717, 1.165) is 6.07 Å². The molecule has 12 heteroatoms. The highest BCUT2D eigenvalue weighted by Gasteiger charge is 2.32. The van der Waals surface area contributed by atoms with E-state index in [1.165, 1.54) is 0 Å². The van der Waals surface area contributed by atoms with Crippen LogP contribution in [0, 0.1) is 0 Å². The molecule has 0 spiro atoms. The molecule has 1 aliphatic rings. The maximum Gasteiger partial charge on any atom is 0.416 e. The van der Waals surface area contributed by atoms with Gasteiger partial charge in [0.2, 0.25) is 5.91 Å². The van der Waals surface area contributed by atoms with E-state index in [9.17, 15) is 27.6 Å².